The van der Waals surface area contributed by atoms with E-state index in [1.54, 1.807) is 7.11 Å². The summed E-state index contributed by atoms with van der Waals surface area (Å²) in [4.78, 5) is 0. The van der Waals surface area contributed by atoms with E-state index in [1.807, 2.05) is 42.5 Å². The summed E-state index contributed by atoms with van der Waals surface area (Å²) < 4.78 is 6.06. The highest BCUT2D eigenvalue weighted by molar-refractivity contribution is 9.10. The zero-order valence-corrected chi connectivity index (χ0v) is 12.8. The lowest BCUT2D eigenvalue weighted by Gasteiger charge is -2.14. The van der Waals surface area contributed by atoms with Crippen molar-refractivity contribution in [1.29, 1.82) is 0 Å². The van der Waals surface area contributed by atoms with Crippen LogP contribution in [0.1, 0.15) is 16.5 Å². The minimum atomic E-state index is -0.293. The first kappa shape index (κ1) is 13.7. The van der Waals surface area contributed by atoms with E-state index < -0.39 is 0 Å². The van der Waals surface area contributed by atoms with Crippen molar-refractivity contribution in [2.45, 2.75) is 5.38 Å². The Labute approximate surface area is 125 Å². The van der Waals surface area contributed by atoms with Gasteiger partial charge in [-0.3, -0.25) is 0 Å². The van der Waals surface area contributed by atoms with E-state index in [0.29, 0.717) is 5.02 Å². The summed E-state index contributed by atoms with van der Waals surface area (Å²) in [5.41, 5.74) is 1.86. The summed E-state index contributed by atoms with van der Waals surface area (Å²) in [6, 6.07) is 13.3. The summed E-state index contributed by atoms with van der Waals surface area (Å²) in [7, 11) is 1.63. The van der Waals surface area contributed by atoms with E-state index in [4.69, 9.17) is 27.9 Å². The number of benzene rings is 2. The molecule has 0 aliphatic carbocycles. The molecule has 0 aliphatic heterocycles. The Kier molecular flexibility index (Phi) is 4.55. The molecule has 0 saturated heterocycles. The average molecular weight is 346 g/mol. The van der Waals surface area contributed by atoms with Crippen LogP contribution in [0.5, 0.6) is 5.75 Å². The highest BCUT2D eigenvalue weighted by atomic mass is 79.9. The molecular formula is C14H11BrCl2O. The molecule has 0 amide bonds. The van der Waals surface area contributed by atoms with Crippen molar-refractivity contribution in [2.24, 2.45) is 0 Å². The summed E-state index contributed by atoms with van der Waals surface area (Å²) in [6.45, 7) is 0. The third-order valence-electron chi connectivity index (χ3n) is 2.66. The van der Waals surface area contributed by atoms with Crippen LogP contribution in [-0.2, 0) is 0 Å². The van der Waals surface area contributed by atoms with Crippen LogP contribution >= 0.6 is 39.1 Å². The molecule has 1 nitrogen and oxygen atoms in total. The van der Waals surface area contributed by atoms with Gasteiger partial charge in [-0.05, 0) is 29.3 Å². The smallest absolute Gasteiger partial charge is 0.120 e. The second-order valence-electron chi connectivity index (χ2n) is 3.77. The van der Waals surface area contributed by atoms with E-state index >= 15 is 0 Å². The van der Waals surface area contributed by atoms with Gasteiger partial charge in [0, 0.05) is 9.50 Å². The average Bonchev–Trinajstić information content (AvgIpc) is 2.38. The Bertz CT molecular complexity index is 557. The first-order valence-corrected chi connectivity index (χ1v) is 6.96. The van der Waals surface area contributed by atoms with Crippen LogP contribution in [0.2, 0.25) is 5.02 Å². The summed E-state index contributed by atoms with van der Waals surface area (Å²) in [5, 5.41) is 0.374. The predicted octanol–water partition coefficient (Wildman–Crippen LogP) is 5.44. The lowest BCUT2D eigenvalue weighted by molar-refractivity contribution is 0.414. The third kappa shape index (κ3) is 2.82. The maximum Gasteiger partial charge on any atom is 0.120 e. The molecule has 0 radical (unpaired) electrons. The van der Waals surface area contributed by atoms with E-state index in [-0.39, 0.29) is 5.38 Å². The number of alkyl halides is 1. The second kappa shape index (κ2) is 5.96. The molecule has 94 valence electrons. The standard InChI is InChI=1S/C14H11BrCl2O/c1-18-9-6-7-10(12(15)8-9)14(17)11-4-2-3-5-13(11)16/h2-8,14H,1H3. The van der Waals surface area contributed by atoms with E-state index in [1.165, 1.54) is 0 Å². The Morgan fingerprint density at radius 2 is 1.83 bits per heavy atom. The molecule has 4 heteroatoms. The van der Waals surface area contributed by atoms with Gasteiger partial charge in [-0.2, -0.15) is 0 Å². The number of halogens is 3. The maximum absolute atomic E-state index is 6.48. The van der Waals surface area contributed by atoms with Gasteiger partial charge in [0.2, 0.25) is 0 Å². The lowest BCUT2D eigenvalue weighted by atomic mass is 10.0. The van der Waals surface area contributed by atoms with Crippen LogP contribution in [0, 0.1) is 0 Å². The lowest BCUT2D eigenvalue weighted by Crippen LogP contribution is -1.96. The number of hydrogen-bond acceptors (Lipinski definition) is 1. The predicted molar refractivity (Wildman–Crippen MR) is 79.8 cm³/mol. The van der Waals surface area contributed by atoms with Gasteiger partial charge in [-0.1, -0.05) is 51.8 Å². The molecule has 18 heavy (non-hydrogen) atoms. The van der Waals surface area contributed by atoms with E-state index in [0.717, 1.165) is 21.3 Å². The molecule has 2 aromatic rings. The fraction of sp³-hybridized carbons (Fsp3) is 0.143. The molecule has 0 aromatic heterocycles. The van der Waals surface area contributed by atoms with Crippen molar-refractivity contribution in [2.75, 3.05) is 7.11 Å². The number of rotatable bonds is 3. The molecule has 0 heterocycles. The molecule has 2 aromatic carbocycles. The van der Waals surface area contributed by atoms with Crippen LogP contribution in [0.3, 0.4) is 0 Å². The van der Waals surface area contributed by atoms with Gasteiger partial charge in [0.1, 0.15) is 5.75 Å². The quantitative estimate of drug-likeness (QED) is 0.673. The summed E-state index contributed by atoms with van der Waals surface area (Å²) >= 11 is 16.1. The van der Waals surface area contributed by atoms with Crippen LogP contribution in [0.4, 0.5) is 0 Å². The fourth-order valence-electron chi connectivity index (χ4n) is 1.69. The zero-order chi connectivity index (χ0) is 13.1. The summed E-state index contributed by atoms with van der Waals surface area (Å²) in [5.74, 6) is 0.786. The normalized spacial score (nSPS) is 12.2. The first-order valence-electron chi connectivity index (χ1n) is 5.35. The van der Waals surface area contributed by atoms with Crippen LogP contribution in [-0.4, -0.2) is 7.11 Å². The Morgan fingerprint density at radius 1 is 1.11 bits per heavy atom. The molecular weight excluding hydrogens is 335 g/mol. The number of ether oxygens (including phenoxy) is 1. The molecule has 0 spiro atoms. The van der Waals surface area contributed by atoms with Gasteiger partial charge < -0.3 is 4.74 Å². The van der Waals surface area contributed by atoms with Gasteiger partial charge in [-0.25, -0.2) is 0 Å². The molecule has 0 aliphatic rings. The van der Waals surface area contributed by atoms with Crippen molar-refractivity contribution in [3.63, 3.8) is 0 Å². The molecule has 0 saturated carbocycles. The van der Waals surface area contributed by atoms with Crippen LogP contribution in [0.15, 0.2) is 46.9 Å². The van der Waals surface area contributed by atoms with Crippen LogP contribution in [0.25, 0.3) is 0 Å². The maximum atomic E-state index is 6.48. The topological polar surface area (TPSA) is 9.23 Å². The Morgan fingerprint density at radius 3 is 2.44 bits per heavy atom. The molecule has 0 N–H and O–H groups in total. The van der Waals surface area contributed by atoms with Gasteiger partial charge >= 0.3 is 0 Å². The SMILES string of the molecule is COc1ccc(C(Cl)c2ccccc2Cl)c(Br)c1. The van der Waals surface area contributed by atoms with Gasteiger partial charge in [-0.15, -0.1) is 11.6 Å². The Hall–Kier alpha value is -0.700. The van der Waals surface area contributed by atoms with Crippen LogP contribution < -0.4 is 4.74 Å². The monoisotopic (exact) mass is 344 g/mol. The zero-order valence-electron chi connectivity index (χ0n) is 9.66. The molecule has 0 bridgehead atoms. The van der Waals surface area contributed by atoms with Gasteiger partial charge in [0.25, 0.3) is 0 Å². The number of hydrogen-bond donors (Lipinski definition) is 0. The van der Waals surface area contributed by atoms with Crippen molar-refractivity contribution >= 4 is 39.1 Å². The summed E-state index contributed by atoms with van der Waals surface area (Å²) in [6.07, 6.45) is 0. The fourth-order valence-corrected chi connectivity index (χ4v) is 3.09. The van der Waals surface area contributed by atoms with E-state index in [2.05, 4.69) is 15.9 Å². The van der Waals surface area contributed by atoms with Gasteiger partial charge in [0.05, 0.1) is 12.5 Å². The second-order valence-corrected chi connectivity index (χ2v) is 5.47. The van der Waals surface area contributed by atoms with Crippen molar-refractivity contribution < 1.29 is 4.74 Å². The minimum Gasteiger partial charge on any atom is -0.497 e. The highest BCUT2D eigenvalue weighted by Gasteiger charge is 2.16. The Balaban J connectivity index is 2.40. The molecule has 1 unspecified atom stereocenters. The number of methoxy groups -OCH3 is 1. The van der Waals surface area contributed by atoms with Crippen molar-refractivity contribution in [1.82, 2.24) is 0 Å². The minimum absolute atomic E-state index is 0.293. The largest absolute Gasteiger partial charge is 0.497 e. The first-order chi connectivity index (χ1) is 8.63. The van der Waals surface area contributed by atoms with E-state index in [9.17, 15) is 0 Å². The van der Waals surface area contributed by atoms with Gasteiger partial charge in [0.15, 0.2) is 0 Å². The third-order valence-corrected chi connectivity index (χ3v) is 4.16. The molecule has 2 rings (SSSR count). The van der Waals surface area contributed by atoms with Crippen molar-refractivity contribution in [3.05, 3.63) is 63.1 Å². The highest BCUT2D eigenvalue weighted by Crippen LogP contribution is 2.38. The molecule has 1 atom stereocenters. The van der Waals surface area contributed by atoms with Crippen molar-refractivity contribution in [3.8, 4) is 5.75 Å². The molecule has 0 fully saturated rings.